The van der Waals surface area contributed by atoms with Crippen LogP contribution in [0, 0.1) is 0 Å². The van der Waals surface area contributed by atoms with Crippen LogP contribution in [0.25, 0.3) is 0 Å². The molecule has 5 heteroatoms. The summed E-state index contributed by atoms with van der Waals surface area (Å²) in [5, 5.41) is 9.76. The van der Waals surface area contributed by atoms with Gasteiger partial charge < -0.3 is 5.11 Å². The number of hydrogen-bond donors (Lipinski definition) is 2. The smallest absolute Gasteiger partial charge is 0.264 e. The van der Waals surface area contributed by atoms with E-state index in [4.69, 9.17) is 4.55 Å². The summed E-state index contributed by atoms with van der Waals surface area (Å²) in [7, 11) is -3.80. The summed E-state index contributed by atoms with van der Waals surface area (Å²) in [6, 6.07) is 0. The number of aliphatic hydroxyl groups excluding tert-OH is 1. The van der Waals surface area contributed by atoms with E-state index in [1.165, 1.54) is 25.7 Å². The SMILES string of the molecule is CCCCCCCC(O)CCCCCCS(=O)(=O)O. The lowest BCUT2D eigenvalue weighted by Gasteiger charge is -2.10. The molecular formula is C14H30O4S. The second kappa shape index (κ2) is 11.7. The van der Waals surface area contributed by atoms with Gasteiger partial charge in [-0.15, -0.1) is 0 Å². The molecule has 0 aliphatic rings. The van der Waals surface area contributed by atoms with Crippen LogP contribution in [0.4, 0.5) is 0 Å². The van der Waals surface area contributed by atoms with Gasteiger partial charge in [-0.1, -0.05) is 58.3 Å². The summed E-state index contributed by atoms with van der Waals surface area (Å²) >= 11 is 0. The lowest BCUT2D eigenvalue weighted by atomic mass is 10.0. The molecule has 0 fully saturated rings. The van der Waals surface area contributed by atoms with E-state index in [0.717, 1.165) is 38.5 Å². The normalized spacial score (nSPS) is 13.6. The molecule has 2 N–H and O–H groups in total. The minimum Gasteiger partial charge on any atom is -0.393 e. The van der Waals surface area contributed by atoms with E-state index >= 15 is 0 Å². The Morgan fingerprint density at radius 2 is 1.32 bits per heavy atom. The Morgan fingerprint density at radius 1 is 0.842 bits per heavy atom. The lowest BCUT2D eigenvalue weighted by Crippen LogP contribution is -2.06. The molecule has 0 radical (unpaired) electrons. The molecule has 4 nitrogen and oxygen atoms in total. The summed E-state index contributed by atoms with van der Waals surface area (Å²) in [6.07, 6.45) is 10.7. The van der Waals surface area contributed by atoms with E-state index in [9.17, 15) is 13.5 Å². The van der Waals surface area contributed by atoms with Gasteiger partial charge >= 0.3 is 0 Å². The maximum absolute atomic E-state index is 10.5. The van der Waals surface area contributed by atoms with Gasteiger partial charge in [0.25, 0.3) is 10.1 Å². The third-order valence-corrected chi connectivity index (χ3v) is 4.14. The molecule has 0 bridgehead atoms. The molecule has 0 heterocycles. The second-order valence-corrected chi connectivity index (χ2v) is 6.92. The van der Waals surface area contributed by atoms with Gasteiger partial charge in [-0.3, -0.25) is 4.55 Å². The molecule has 0 rings (SSSR count). The molecular weight excluding hydrogens is 264 g/mol. The molecule has 0 amide bonds. The van der Waals surface area contributed by atoms with Crippen LogP contribution in [0.15, 0.2) is 0 Å². The third kappa shape index (κ3) is 15.8. The van der Waals surface area contributed by atoms with Crippen LogP contribution in [-0.2, 0) is 10.1 Å². The standard InChI is InChI=1S/C14H30O4S/c1-2-3-4-5-8-11-14(15)12-9-6-7-10-13-19(16,17)18/h14-15H,2-13H2,1H3,(H,16,17,18). The van der Waals surface area contributed by atoms with Crippen molar-refractivity contribution in [3.05, 3.63) is 0 Å². The molecule has 0 aliphatic carbocycles. The minimum atomic E-state index is -3.80. The average molecular weight is 294 g/mol. The van der Waals surface area contributed by atoms with Crippen molar-refractivity contribution in [1.29, 1.82) is 0 Å². The van der Waals surface area contributed by atoms with Crippen molar-refractivity contribution in [2.75, 3.05) is 5.75 Å². The zero-order chi connectivity index (χ0) is 14.6. The zero-order valence-electron chi connectivity index (χ0n) is 12.2. The van der Waals surface area contributed by atoms with E-state index in [0.29, 0.717) is 6.42 Å². The van der Waals surface area contributed by atoms with Crippen LogP contribution in [0.5, 0.6) is 0 Å². The van der Waals surface area contributed by atoms with Gasteiger partial charge in [0, 0.05) is 0 Å². The molecule has 19 heavy (non-hydrogen) atoms. The molecule has 116 valence electrons. The van der Waals surface area contributed by atoms with Crippen LogP contribution < -0.4 is 0 Å². The van der Waals surface area contributed by atoms with Crippen molar-refractivity contribution in [2.45, 2.75) is 83.7 Å². The van der Waals surface area contributed by atoms with Gasteiger partial charge in [0.05, 0.1) is 11.9 Å². The van der Waals surface area contributed by atoms with E-state index in [1.54, 1.807) is 0 Å². The fourth-order valence-electron chi connectivity index (χ4n) is 2.15. The van der Waals surface area contributed by atoms with Crippen molar-refractivity contribution in [1.82, 2.24) is 0 Å². The van der Waals surface area contributed by atoms with Crippen molar-refractivity contribution >= 4 is 10.1 Å². The zero-order valence-corrected chi connectivity index (χ0v) is 13.0. The quantitative estimate of drug-likeness (QED) is 0.402. The fraction of sp³-hybridized carbons (Fsp3) is 1.00. The van der Waals surface area contributed by atoms with E-state index in [-0.39, 0.29) is 11.9 Å². The van der Waals surface area contributed by atoms with Gasteiger partial charge in [0.2, 0.25) is 0 Å². The predicted molar refractivity (Wildman–Crippen MR) is 78.9 cm³/mol. The Labute approximate surface area is 118 Å². The summed E-state index contributed by atoms with van der Waals surface area (Å²) in [5.74, 6) is -0.146. The highest BCUT2D eigenvalue weighted by Gasteiger charge is 2.05. The molecule has 0 spiro atoms. The minimum absolute atomic E-state index is 0.146. The number of rotatable bonds is 13. The molecule has 0 aromatic rings. The Bertz CT molecular complexity index is 288. The lowest BCUT2D eigenvalue weighted by molar-refractivity contribution is 0.147. The van der Waals surface area contributed by atoms with Crippen LogP contribution in [0.1, 0.15) is 77.6 Å². The summed E-state index contributed by atoms with van der Waals surface area (Å²) in [5.41, 5.74) is 0. The van der Waals surface area contributed by atoms with Crippen molar-refractivity contribution in [2.24, 2.45) is 0 Å². The van der Waals surface area contributed by atoms with Crippen LogP contribution in [-0.4, -0.2) is 29.9 Å². The molecule has 1 atom stereocenters. The van der Waals surface area contributed by atoms with Crippen LogP contribution in [0.3, 0.4) is 0 Å². The first-order chi connectivity index (χ1) is 8.95. The number of hydrogen-bond acceptors (Lipinski definition) is 3. The first-order valence-electron chi connectivity index (χ1n) is 7.59. The molecule has 1 unspecified atom stereocenters. The van der Waals surface area contributed by atoms with Gasteiger partial charge in [0.1, 0.15) is 0 Å². The highest BCUT2D eigenvalue weighted by molar-refractivity contribution is 7.85. The van der Waals surface area contributed by atoms with E-state index in [2.05, 4.69) is 6.92 Å². The third-order valence-electron chi connectivity index (χ3n) is 3.33. The van der Waals surface area contributed by atoms with Gasteiger partial charge in [-0.05, 0) is 19.3 Å². The van der Waals surface area contributed by atoms with Gasteiger partial charge in [-0.2, -0.15) is 8.42 Å². The maximum atomic E-state index is 10.5. The molecule has 0 saturated heterocycles. The fourth-order valence-corrected chi connectivity index (χ4v) is 2.71. The Balaban J connectivity index is 3.27. The van der Waals surface area contributed by atoms with Crippen LogP contribution >= 0.6 is 0 Å². The van der Waals surface area contributed by atoms with Gasteiger partial charge in [0.15, 0.2) is 0 Å². The first kappa shape index (κ1) is 18.9. The summed E-state index contributed by atoms with van der Waals surface area (Å²) in [6.45, 7) is 2.19. The van der Waals surface area contributed by atoms with Gasteiger partial charge in [-0.25, -0.2) is 0 Å². The van der Waals surface area contributed by atoms with E-state index in [1.807, 2.05) is 0 Å². The monoisotopic (exact) mass is 294 g/mol. The van der Waals surface area contributed by atoms with E-state index < -0.39 is 10.1 Å². The molecule has 0 saturated carbocycles. The average Bonchev–Trinajstić information content (AvgIpc) is 2.32. The number of unbranched alkanes of at least 4 members (excludes halogenated alkanes) is 7. The predicted octanol–water partition coefficient (Wildman–Crippen LogP) is 3.55. The van der Waals surface area contributed by atoms with Crippen LogP contribution in [0.2, 0.25) is 0 Å². The topological polar surface area (TPSA) is 74.6 Å². The van der Waals surface area contributed by atoms with Crippen molar-refractivity contribution in [3.63, 3.8) is 0 Å². The Kier molecular flexibility index (Phi) is 11.6. The van der Waals surface area contributed by atoms with Crippen molar-refractivity contribution < 1.29 is 18.1 Å². The Morgan fingerprint density at radius 3 is 1.79 bits per heavy atom. The summed E-state index contributed by atoms with van der Waals surface area (Å²) in [4.78, 5) is 0. The molecule has 0 aromatic heterocycles. The Hall–Kier alpha value is -0.130. The maximum Gasteiger partial charge on any atom is 0.264 e. The first-order valence-corrected chi connectivity index (χ1v) is 9.20. The molecule has 0 aliphatic heterocycles. The van der Waals surface area contributed by atoms with Crippen molar-refractivity contribution in [3.8, 4) is 0 Å². The highest BCUT2D eigenvalue weighted by Crippen LogP contribution is 2.12. The summed E-state index contributed by atoms with van der Waals surface area (Å²) < 4.78 is 29.5. The second-order valence-electron chi connectivity index (χ2n) is 5.35. The number of aliphatic hydroxyl groups is 1. The highest BCUT2D eigenvalue weighted by atomic mass is 32.2. The largest absolute Gasteiger partial charge is 0.393 e. The molecule has 0 aromatic carbocycles.